The second-order valence-electron chi connectivity index (χ2n) is 2.52. The number of hydrogen-bond donors (Lipinski definition) is 0. The van der Waals surface area contributed by atoms with Crippen LogP contribution < -0.4 is 0 Å². The maximum absolute atomic E-state index is 4.03. The van der Waals surface area contributed by atoms with E-state index in [0.717, 1.165) is 11.1 Å². The zero-order valence-corrected chi connectivity index (χ0v) is 6.57. The molecule has 12 heavy (non-hydrogen) atoms. The first-order valence-corrected chi connectivity index (χ1v) is 3.84. The maximum Gasteiger partial charge on any atom is 0.0352 e. The summed E-state index contributed by atoms with van der Waals surface area (Å²) in [6.07, 6.45) is 3.54. The molecule has 1 aromatic heterocycles. The maximum atomic E-state index is 4.03. The summed E-state index contributed by atoms with van der Waals surface area (Å²) >= 11 is 0. The van der Waals surface area contributed by atoms with Crippen LogP contribution in [-0.2, 0) is 0 Å². The van der Waals surface area contributed by atoms with Crippen LogP contribution >= 0.6 is 0 Å². The summed E-state index contributed by atoms with van der Waals surface area (Å²) in [5.74, 6) is 0. The van der Waals surface area contributed by atoms with E-state index in [1.807, 2.05) is 42.6 Å². The molecule has 1 heterocycles. The molecule has 0 aliphatic heterocycles. The Kier molecular flexibility index (Phi) is 1.87. The van der Waals surface area contributed by atoms with E-state index in [2.05, 4.69) is 11.1 Å². The zero-order chi connectivity index (χ0) is 8.23. The smallest absolute Gasteiger partial charge is 0.0352 e. The molecule has 57 valence electrons. The van der Waals surface area contributed by atoms with Crippen molar-refractivity contribution in [3.05, 3.63) is 54.9 Å². The van der Waals surface area contributed by atoms with Gasteiger partial charge in [-0.05, 0) is 17.7 Å². The summed E-state index contributed by atoms with van der Waals surface area (Å²) in [5.41, 5.74) is 2.20. The van der Waals surface area contributed by atoms with Gasteiger partial charge < -0.3 is 0 Å². The molecule has 0 saturated heterocycles. The molecule has 1 aromatic carbocycles. The van der Waals surface area contributed by atoms with Gasteiger partial charge in [-0.1, -0.05) is 30.3 Å². The van der Waals surface area contributed by atoms with Crippen molar-refractivity contribution in [1.29, 1.82) is 0 Å². The summed E-state index contributed by atoms with van der Waals surface area (Å²) in [6, 6.07) is 15.1. The Morgan fingerprint density at radius 2 is 1.92 bits per heavy atom. The summed E-state index contributed by atoms with van der Waals surface area (Å²) in [6.45, 7) is 0. The van der Waals surface area contributed by atoms with Gasteiger partial charge in [-0.25, -0.2) is 0 Å². The SMILES string of the molecule is [c]1ccncc1-c1ccccc1. The molecule has 2 aromatic rings. The van der Waals surface area contributed by atoms with E-state index in [1.54, 1.807) is 6.20 Å². The van der Waals surface area contributed by atoms with E-state index in [-0.39, 0.29) is 0 Å². The van der Waals surface area contributed by atoms with Crippen LogP contribution in [0.3, 0.4) is 0 Å². The molecule has 0 atom stereocenters. The fourth-order valence-corrected chi connectivity index (χ4v) is 1.10. The Bertz CT molecular complexity index is 302. The zero-order valence-electron chi connectivity index (χ0n) is 6.57. The molecular weight excluding hydrogens is 146 g/mol. The fourth-order valence-electron chi connectivity index (χ4n) is 1.10. The molecular formula is C11H8N. The first-order chi connectivity index (χ1) is 5.97. The molecule has 0 bridgehead atoms. The minimum Gasteiger partial charge on any atom is -0.264 e. The van der Waals surface area contributed by atoms with Gasteiger partial charge in [0.1, 0.15) is 0 Å². The van der Waals surface area contributed by atoms with Gasteiger partial charge >= 0.3 is 0 Å². The second kappa shape index (κ2) is 3.18. The van der Waals surface area contributed by atoms with Crippen LogP contribution in [0, 0.1) is 6.07 Å². The van der Waals surface area contributed by atoms with Gasteiger partial charge in [0.15, 0.2) is 0 Å². The highest BCUT2D eigenvalue weighted by Gasteiger charge is 1.93. The highest BCUT2D eigenvalue weighted by atomic mass is 14.6. The van der Waals surface area contributed by atoms with Crippen LogP contribution in [-0.4, -0.2) is 4.98 Å². The molecule has 0 unspecified atom stereocenters. The largest absolute Gasteiger partial charge is 0.264 e. The number of hydrogen-bond acceptors (Lipinski definition) is 1. The third-order valence-electron chi connectivity index (χ3n) is 1.69. The summed E-state index contributed by atoms with van der Waals surface area (Å²) < 4.78 is 0. The van der Waals surface area contributed by atoms with Gasteiger partial charge in [-0.3, -0.25) is 4.98 Å². The Morgan fingerprint density at radius 3 is 2.58 bits per heavy atom. The molecule has 1 radical (unpaired) electrons. The van der Waals surface area contributed by atoms with Gasteiger partial charge in [0, 0.05) is 18.0 Å². The number of aromatic nitrogens is 1. The van der Waals surface area contributed by atoms with E-state index in [0.29, 0.717) is 0 Å². The van der Waals surface area contributed by atoms with E-state index in [9.17, 15) is 0 Å². The van der Waals surface area contributed by atoms with Crippen molar-refractivity contribution in [1.82, 2.24) is 4.98 Å². The number of rotatable bonds is 1. The van der Waals surface area contributed by atoms with Crippen LogP contribution in [0.15, 0.2) is 48.8 Å². The van der Waals surface area contributed by atoms with Crippen LogP contribution in [0.1, 0.15) is 0 Å². The standard InChI is InChI=1S/C11H8N/c1-2-5-10(6-3-1)11-7-4-8-12-9-11/h1-6,8-9H. The van der Waals surface area contributed by atoms with Gasteiger partial charge in [0.2, 0.25) is 0 Å². The molecule has 0 N–H and O–H groups in total. The highest BCUT2D eigenvalue weighted by molar-refractivity contribution is 5.60. The van der Waals surface area contributed by atoms with Gasteiger partial charge in [-0.15, -0.1) is 0 Å². The van der Waals surface area contributed by atoms with Crippen molar-refractivity contribution < 1.29 is 0 Å². The molecule has 2 rings (SSSR count). The van der Waals surface area contributed by atoms with E-state index in [4.69, 9.17) is 0 Å². The first kappa shape index (κ1) is 7.04. The molecule has 1 nitrogen and oxygen atoms in total. The van der Waals surface area contributed by atoms with Crippen LogP contribution in [0.2, 0.25) is 0 Å². The van der Waals surface area contributed by atoms with Crippen LogP contribution in [0.25, 0.3) is 11.1 Å². The average Bonchev–Trinajstić information content (AvgIpc) is 2.21. The molecule has 0 saturated carbocycles. The molecule has 0 aliphatic rings. The molecule has 1 heteroatoms. The summed E-state index contributed by atoms with van der Waals surface area (Å²) in [5, 5.41) is 0. The molecule has 0 aliphatic carbocycles. The number of benzene rings is 1. The van der Waals surface area contributed by atoms with Crippen LogP contribution in [0.4, 0.5) is 0 Å². The first-order valence-electron chi connectivity index (χ1n) is 3.84. The molecule has 0 amide bonds. The predicted octanol–water partition coefficient (Wildman–Crippen LogP) is 2.55. The second-order valence-corrected chi connectivity index (χ2v) is 2.52. The Labute approximate surface area is 71.7 Å². The van der Waals surface area contributed by atoms with Gasteiger partial charge in [0.25, 0.3) is 0 Å². The quantitative estimate of drug-likeness (QED) is 0.615. The predicted molar refractivity (Wildman–Crippen MR) is 48.5 cm³/mol. The average molecular weight is 154 g/mol. The Hall–Kier alpha value is -1.63. The van der Waals surface area contributed by atoms with Gasteiger partial charge in [0.05, 0.1) is 0 Å². The van der Waals surface area contributed by atoms with Crippen LogP contribution in [0.5, 0.6) is 0 Å². The van der Waals surface area contributed by atoms with E-state index < -0.39 is 0 Å². The summed E-state index contributed by atoms with van der Waals surface area (Å²) in [4.78, 5) is 4.03. The normalized spacial score (nSPS) is 9.67. The van der Waals surface area contributed by atoms with Crippen molar-refractivity contribution in [2.45, 2.75) is 0 Å². The van der Waals surface area contributed by atoms with Crippen molar-refractivity contribution >= 4 is 0 Å². The minimum absolute atomic E-state index is 1.04. The van der Waals surface area contributed by atoms with E-state index >= 15 is 0 Å². The lowest BCUT2D eigenvalue weighted by molar-refractivity contribution is 1.33. The third kappa shape index (κ3) is 1.35. The molecule has 0 fully saturated rings. The lowest BCUT2D eigenvalue weighted by Crippen LogP contribution is -1.77. The third-order valence-corrected chi connectivity index (χ3v) is 1.69. The summed E-state index contributed by atoms with van der Waals surface area (Å²) in [7, 11) is 0. The Balaban J connectivity index is 2.46. The van der Waals surface area contributed by atoms with Crippen molar-refractivity contribution in [3.8, 4) is 11.1 Å². The van der Waals surface area contributed by atoms with Crippen molar-refractivity contribution in [2.24, 2.45) is 0 Å². The highest BCUT2D eigenvalue weighted by Crippen LogP contribution is 2.15. The van der Waals surface area contributed by atoms with Crippen molar-refractivity contribution in [2.75, 3.05) is 0 Å². The van der Waals surface area contributed by atoms with Gasteiger partial charge in [-0.2, -0.15) is 0 Å². The lowest BCUT2D eigenvalue weighted by Gasteiger charge is -1.97. The van der Waals surface area contributed by atoms with E-state index in [1.165, 1.54) is 0 Å². The monoisotopic (exact) mass is 154 g/mol. The lowest BCUT2D eigenvalue weighted by atomic mass is 10.1. The fraction of sp³-hybridized carbons (Fsp3) is 0. The number of nitrogens with zero attached hydrogens (tertiary/aromatic N) is 1. The molecule has 0 spiro atoms. The Morgan fingerprint density at radius 1 is 1.08 bits per heavy atom. The number of pyridine rings is 1. The topological polar surface area (TPSA) is 12.9 Å². The van der Waals surface area contributed by atoms with Crippen molar-refractivity contribution in [3.63, 3.8) is 0 Å². The minimum atomic E-state index is 1.04.